The van der Waals surface area contributed by atoms with Crippen molar-refractivity contribution in [3.8, 4) is 0 Å². The van der Waals surface area contributed by atoms with Crippen LogP contribution < -0.4 is 11.1 Å². The summed E-state index contributed by atoms with van der Waals surface area (Å²) in [5.41, 5.74) is 5.65. The summed E-state index contributed by atoms with van der Waals surface area (Å²) in [6, 6.07) is 1.06. The number of amides is 1. The molecule has 0 aliphatic heterocycles. The van der Waals surface area contributed by atoms with E-state index in [1.807, 2.05) is 6.92 Å². The first-order chi connectivity index (χ1) is 7.17. The van der Waals surface area contributed by atoms with Crippen molar-refractivity contribution in [3.05, 3.63) is 29.8 Å². The Morgan fingerprint density at radius 1 is 1.67 bits per heavy atom. The molecule has 1 atom stereocenters. The molecule has 1 aromatic rings. The lowest BCUT2D eigenvalue weighted by atomic mass is 10.2. The highest BCUT2D eigenvalue weighted by Crippen LogP contribution is 2.01. The number of hydrogen-bond acceptors (Lipinski definition) is 3. The largest absolute Gasteiger partial charge is 0.348 e. The van der Waals surface area contributed by atoms with Crippen LogP contribution in [0.25, 0.3) is 0 Å². The highest BCUT2D eigenvalue weighted by Gasteiger charge is 2.11. The molecule has 4 nitrogen and oxygen atoms in total. The van der Waals surface area contributed by atoms with Crippen LogP contribution in [0.15, 0.2) is 18.5 Å². The van der Waals surface area contributed by atoms with Gasteiger partial charge in [0.15, 0.2) is 0 Å². The summed E-state index contributed by atoms with van der Waals surface area (Å²) in [6.45, 7) is 2.28. The number of rotatable bonds is 4. The lowest BCUT2D eigenvalue weighted by molar-refractivity contribution is 0.0936. The maximum atomic E-state index is 12.8. The van der Waals surface area contributed by atoms with Gasteiger partial charge in [0, 0.05) is 18.8 Å². The van der Waals surface area contributed by atoms with Gasteiger partial charge in [-0.3, -0.25) is 9.78 Å². The maximum Gasteiger partial charge on any atom is 0.253 e. The molecule has 1 aromatic heterocycles. The Labute approximate surface area is 87.7 Å². The minimum Gasteiger partial charge on any atom is -0.348 e. The summed E-state index contributed by atoms with van der Waals surface area (Å²) in [7, 11) is 0. The Morgan fingerprint density at radius 2 is 2.40 bits per heavy atom. The predicted octanol–water partition coefficient (Wildman–Crippen LogP) is 0.688. The van der Waals surface area contributed by atoms with Crippen LogP contribution in [-0.2, 0) is 0 Å². The summed E-state index contributed by atoms with van der Waals surface area (Å²) in [5, 5.41) is 2.69. The van der Waals surface area contributed by atoms with E-state index in [2.05, 4.69) is 10.3 Å². The Hall–Kier alpha value is -1.49. The summed E-state index contributed by atoms with van der Waals surface area (Å²) >= 11 is 0. The van der Waals surface area contributed by atoms with Gasteiger partial charge in [0.1, 0.15) is 5.82 Å². The molecule has 0 aliphatic carbocycles. The molecule has 0 aliphatic rings. The highest BCUT2D eigenvalue weighted by molar-refractivity contribution is 5.94. The molecular weight excluding hydrogens is 197 g/mol. The summed E-state index contributed by atoms with van der Waals surface area (Å²) in [6.07, 6.45) is 3.11. The number of aromatic nitrogens is 1. The Balaban J connectivity index is 2.68. The fraction of sp³-hybridized carbons (Fsp3) is 0.400. The third kappa shape index (κ3) is 3.28. The van der Waals surface area contributed by atoms with Gasteiger partial charge in [-0.05, 0) is 12.5 Å². The van der Waals surface area contributed by atoms with Crippen LogP contribution in [0.5, 0.6) is 0 Å². The number of hydrogen-bond donors (Lipinski definition) is 2. The highest BCUT2D eigenvalue weighted by atomic mass is 19.1. The van der Waals surface area contributed by atoms with E-state index < -0.39 is 5.82 Å². The van der Waals surface area contributed by atoms with Crippen molar-refractivity contribution in [1.82, 2.24) is 10.3 Å². The number of pyridine rings is 1. The van der Waals surface area contributed by atoms with Crippen molar-refractivity contribution in [2.24, 2.45) is 5.73 Å². The molecule has 82 valence electrons. The van der Waals surface area contributed by atoms with Crippen molar-refractivity contribution >= 4 is 5.91 Å². The standard InChI is InChI=1S/C10H14FN3O/c1-2-9(4-12)14-10(15)7-3-8(11)6-13-5-7/h3,5-6,9H,2,4,12H2,1H3,(H,14,15). The second-order valence-electron chi connectivity index (χ2n) is 3.21. The molecule has 0 saturated carbocycles. The van der Waals surface area contributed by atoms with Gasteiger partial charge in [0.25, 0.3) is 5.91 Å². The number of nitrogens with one attached hydrogen (secondary N) is 1. The van der Waals surface area contributed by atoms with Crippen molar-refractivity contribution in [2.75, 3.05) is 6.54 Å². The number of carbonyl (C=O) groups excluding carboxylic acids is 1. The van der Waals surface area contributed by atoms with Crippen LogP contribution in [0.2, 0.25) is 0 Å². The van der Waals surface area contributed by atoms with Gasteiger partial charge >= 0.3 is 0 Å². The second-order valence-corrected chi connectivity index (χ2v) is 3.21. The minimum absolute atomic E-state index is 0.0826. The predicted molar refractivity (Wildman–Crippen MR) is 54.8 cm³/mol. The van der Waals surface area contributed by atoms with Gasteiger partial charge in [0.2, 0.25) is 0 Å². The Morgan fingerprint density at radius 3 is 2.93 bits per heavy atom. The second kappa shape index (κ2) is 5.41. The van der Waals surface area contributed by atoms with Crippen LogP contribution in [0.3, 0.4) is 0 Å². The number of nitrogens with two attached hydrogens (primary N) is 1. The zero-order chi connectivity index (χ0) is 11.3. The van der Waals surface area contributed by atoms with Gasteiger partial charge in [-0.25, -0.2) is 4.39 Å². The molecule has 1 heterocycles. The van der Waals surface area contributed by atoms with Crippen molar-refractivity contribution in [2.45, 2.75) is 19.4 Å². The normalized spacial score (nSPS) is 12.2. The van der Waals surface area contributed by atoms with E-state index in [-0.39, 0.29) is 17.5 Å². The zero-order valence-electron chi connectivity index (χ0n) is 8.53. The lowest BCUT2D eigenvalue weighted by Crippen LogP contribution is -2.39. The fourth-order valence-electron chi connectivity index (χ4n) is 1.13. The third-order valence-electron chi connectivity index (χ3n) is 2.08. The molecule has 1 amide bonds. The first-order valence-electron chi connectivity index (χ1n) is 4.78. The van der Waals surface area contributed by atoms with Crippen LogP contribution in [0.4, 0.5) is 4.39 Å². The van der Waals surface area contributed by atoms with Crippen LogP contribution in [0, 0.1) is 5.82 Å². The summed E-state index contributed by atoms with van der Waals surface area (Å²) in [5.74, 6) is -0.872. The smallest absolute Gasteiger partial charge is 0.253 e. The molecule has 3 N–H and O–H groups in total. The molecule has 0 radical (unpaired) electrons. The molecule has 0 bridgehead atoms. The molecule has 5 heteroatoms. The van der Waals surface area contributed by atoms with E-state index in [1.54, 1.807) is 0 Å². The van der Waals surface area contributed by atoms with E-state index in [9.17, 15) is 9.18 Å². The molecule has 0 fully saturated rings. The maximum absolute atomic E-state index is 12.8. The Kier molecular flexibility index (Phi) is 4.17. The number of nitrogens with zero attached hydrogens (tertiary/aromatic N) is 1. The molecule has 0 saturated heterocycles. The summed E-state index contributed by atoms with van der Waals surface area (Å²) < 4.78 is 12.8. The molecule has 0 aromatic carbocycles. The average Bonchev–Trinajstić information content (AvgIpc) is 2.25. The van der Waals surface area contributed by atoms with Crippen molar-refractivity contribution in [3.63, 3.8) is 0 Å². The Bertz CT molecular complexity index is 339. The molecule has 1 rings (SSSR count). The van der Waals surface area contributed by atoms with Crippen LogP contribution in [-0.4, -0.2) is 23.5 Å². The van der Waals surface area contributed by atoms with Crippen molar-refractivity contribution < 1.29 is 9.18 Å². The van der Waals surface area contributed by atoms with E-state index in [1.165, 1.54) is 6.20 Å². The van der Waals surface area contributed by atoms with Crippen LogP contribution in [0.1, 0.15) is 23.7 Å². The van der Waals surface area contributed by atoms with E-state index in [0.717, 1.165) is 18.7 Å². The molecular formula is C10H14FN3O. The zero-order valence-corrected chi connectivity index (χ0v) is 8.53. The van der Waals surface area contributed by atoms with Crippen LogP contribution >= 0.6 is 0 Å². The van der Waals surface area contributed by atoms with Gasteiger partial charge in [0.05, 0.1) is 11.8 Å². The van der Waals surface area contributed by atoms with E-state index in [4.69, 9.17) is 5.73 Å². The number of carbonyl (C=O) groups is 1. The fourth-order valence-corrected chi connectivity index (χ4v) is 1.13. The van der Waals surface area contributed by atoms with Gasteiger partial charge < -0.3 is 11.1 Å². The molecule has 15 heavy (non-hydrogen) atoms. The first kappa shape index (κ1) is 11.6. The summed E-state index contributed by atoms with van der Waals surface area (Å²) in [4.78, 5) is 15.1. The SMILES string of the molecule is CCC(CN)NC(=O)c1cncc(F)c1. The van der Waals surface area contributed by atoms with Gasteiger partial charge in [-0.1, -0.05) is 6.92 Å². The topological polar surface area (TPSA) is 68.0 Å². The number of halogens is 1. The monoisotopic (exact) mass is 211 g/mol. The lowest BCUT2D eigenvalue weighted by Gasteiger charge is -2.14. The van der Waals surface area contributed by atoms with Crippen molar-refractivity contribution in [1.29, 1.82) is 0 Å². The van der Waals surface area contributed by atoms with Gasteiger partial charge in [-0.2, -0.15) is 0 Å². The van der Waals surface area contributed by atoms with Gasteiger partial charge in [-0.15, -0.1) is 0 Å². The first-order valence-corrected chi connectivity index (χ1v) is 4.78. The molecule has 0 spiro atoms. The molecule has 1 unspecified atom stereocenters. The average molecular weight is 211 g/mol. The van der Waals surface area contributed by atoms with E-state index >= 15 is 0 Å². The minimum atomic E-state index is -0.525. The third-order valence-corrected chi connectivity index (χ3v) is 2.08. The van der Waals surface area contributed by atoms with E-state index in [0.29, 0.717) is 6.54 Å². The quantitative estimate of drug-likeness (QED) is 0.769.